The lowest BCUT2D eigenvalue weighted by Gasteiger charge is -2.36. The summed E-state index contributed by atoms with van der Waals surface area (Å²) in [5.74, 6) is -0.0444. The number of halogens is 1. The average Bonchev–Trinajstić information content (AvgIpc) is 3.28. The van der Waals surface area contributed by atoms with Crippen LogP contribution in [0.15, 0.2) is 52.7 Å². The van der Waals surface area contributed by atoms with Crippen molar-refractivity contribution >= 4 is 23.8 Å². The molecule has 146 valence electrons. The minimum absolute atomic E-state index is 0.00623. The van der Waals surface area contributed by atoms with Crippen LogP contribution in [0.2, 0.25) is 0 Å². The second kappa shape index (κ2) is 7.22. The molecule has 1 aromatic rings. The second-order valence-corrected chi connectivity index (χ2v) is 7.67. The molecule has 3 atom stereocenters. The molecule has 0 radical (unpaired) electrons. The number of aliphatic imine (C=N–C) groups is 1. The molecule has 28 heavy (non-hydrogen) atoms. The molecule has 0 spiro atoms. The summed E-state index contributed by atoms with van der Waals surface area (Å²) in [6, 6.07) is 4.83. The highest BCUT2D eigenvalue weighted by Crippen LogP contribution is 2.46. The normalized spacial score (nSPS) is 29.0. The van der Waals surface area contributed by atoms with Gasteiger partial charge >= 0.3 is 6.03 Å². The Morgan fingerprint density at radius 3 is 2.96 bits per heavy atom. The third kappa shape index (κ3) is 3.56. The van der Waals surface area contributed by atoms with E-state index in [1.54, 1.807) is 0 Å². The topological polar surface area (TPSA) is 79.8 Å². The summed E-state index contributed by atoms with van der Waals surface area (Å²) in [6.45, 7) is 3.39. The van der Waals surface area contributed by atoms with E-state index in [0.717, 1.165) is 18.6 Å². The molecule has 1 aliphatic carbocycles. The number of nitrogens with one attached hydrogen (secondary N) is 2. The fourth-order valence-corrected chi connectivity index (χ4v) is 4.18. The number of rotatable bonds is 3. The number of carbonyl (C=O) groups excluding carboxylic acids is 2. The van der Waals surface area contributed by atoms with Crippen molar-refractivity contribution in [3.8, 4) is 0 Å². The van der Waals surface area contributed by atoms with Gasteiger partial charge < -0.3 is 15.4 Å². The van der Waals surface area contributed by atoms with Crippen LogP contribution >= 0.6 is 0 Å². The van der Waals surface area contributed by atoms with Crippen LogP contribution in [0.4, 0.5) is 14.9 Å². The lowest BCUT2D eigenvalue weighted by molar-refractivity contribution is -0.121. The van der Waals surface area contributed by atoms with E-state index in [0.29, 0.717) is 18.8 Å². The molecule has 0 saturated carbocycles. The summed E-state index contributed by atoms with van der Waals surface area (Å²) in [6.07, 6.45) is 7.30. The van der Waals surface area contributed by atoms with E-state index in [-0.39, 0.29) is 23.1 Å². The summed E-state index contributed by atoms with van der Waals surface area (Å²) in [5, 5.41) is 5.47. The lowest BCUT2D eigenvalue weighted by atomic mass is 9.66. The highest BCUT2D eigenvalue weighted by atomic mass is 19.1. The number of amides is 3. The van der Waals surface area contributed by atoms with E-state index in [4.69, 9.17) is 4.74 Å². The third-order valence-electron chi connectivity index (χ3n) is 5.75. The minimum Gasteiger partial charge on any atom is -0.493 e. The van der Waals surface area contributed by atoms with Gasteiger partial charge in [0, 0.05) is 30.8 Å². The molecule has 0 bridgehead atoms. The zero-order valence-electron chi connectivity index (χ0n) is 15.6. The zero-order valence-corrected chi connectivity index (χ0v) is 15.6. The molecule has 4 rings (SSSR count). The molecule has 2 unspecified atom stereocenters. The Hall–Kier alpha value is -2.96. The molecular formula is C21H22FN3O3. The standard InChI is InChI=1S/C21H22FN3O3/c1-21(8-6-18-13(10-21)7-9-28-18)17-12-23-19(26)16(17)11-24-20(27)25-15-4-2-14(22)3-5-15/h2-6,8,11,16-17H,7,9-10,12H2,1H3,(H,23,26)(H,25,27)/b24-11+/t16?,17-,21?/m1/s1. The van der Waals surface area contributed by atoms with Gasteiger partial charge in [-0.1, -0.05) is 13.0 Å². The fraction of sp³-hybridized carbons (Fsp3) is 0.381. The number of ether oxygens (including phenoxy) is 1. The van der Waals surface area contributed by atoms with E-state index in [1.807, 2.05) is 6.08 Å². The Bertz CT molecular complexity index is 891. The van der Waals surface area contributed by atoms with Gasteiger partial charge in [-0.15, -0.1) is 0 Å². The molecule has 1 fully saturated rings. The summed E-state index contributed by atoms with van der Waals surface area (Å²) in [7, 11) is 0. The SMILES string of the molecule is CC1([C@@H]2CNC(=O)C2/C=N/C(=O)Nc2ccc(F)cc2)C=CC2=C(CCO2)C1. The van der Waals surface area contributed by atoms with Crippen molar-refractivity contribution in [3.63, 3.8) is 0 Å². The highest BCUT2D eigenvalue weighted by molar-refractivity contribution is 6.01. The van der Waals surface area contributed by atoms with E-state index in [1.165, 1.54) is 36.1 Å². The largest absolute Gasteiger partial charge is 0.493 e. The van der Waals surface area contributed by atoms with Gasteiger partial charge in [0.2, 0.25) is 5.91 Å². The Morgan fingerprint density at radius 1 is 1.39 bits per heavy atom. The van der Waals surface area contributed by atoms with Crippen LogP contribution in [0.5, 0.6) is 0 Å². The van der Waals surface area contributed by atoms with Gasteiger partial charge in [0.25, 0.3) is 0 Å². The van der Waals surface area contributed by atoms with Crippen LogP contribution in [-0.4, -0.2) is 31.3 Å². The second-order valence-electron chi connectivity index (χ2n) is 7.67. The van der Waals surface area contributed by atoms with Gasteiger partial charge in [0.15, 0.2) is 0 Å². The Kier molecular flexibility index (Phi) is 4.75. The Balaban J connectivity index is 1.46. The predicted molar refractivity (Wildman–Crippen MR) is 103 cm³/mol. The van der Waals surface area contributed by atoms with Gasteiger partial charge in [-0.05, 0) is 47.8 Å². The van der Waals surface area contributed by atoms with Crippen molar-refractivity contribution in [1.82, 2.24) is 5.32 Å². The van der Waals surface area contributed by atoms with Crippen molar-refractivity contribution < 1.29 is 18.7 Å². The van der Waals surface area contributed by atoms with E-state index in [9.17, 15) is 14.0 Å². The van der Waals surface area contributed by atoms with Crippen LogP contribution in [0.3, 0.4) is 0 Å². The maximum absolute atomic E-state index is 13.0. The number of benzene rings is 1. The summed E-state index contributed by atoms with van der Waals surface area (Å²) in [4.78, 5) is 28.4. The first-order chi connectivity index (χ1) is 13.4. The number of carbonyl (C=O) groups is 2. The average molecular weight is 383 g/mol. The maximum atomic E-state index is 13.0. The third-order valence-corrected chi connectivity index (χ3v) is 5.75. The van der Waals surface area contributed by atoms with Crippen LogP contribution in [0.25, 0.3) is 0 Å². The van der Waals surface area contributed by atoms with Crippen LogP contribution in [0.1, 0.15) is 19.8 Å². The number of allylic oxidation sites excluding steroid dienone is 2. The van der Waals surface area contributed by atoms with Gasteiger partial charge in [0.05, 0.1) is 12.5 Å². The predicted octanol–water partition coefficient (Wildman–Crippen LogP) is 3.43. The summed E-state index contributed by atoms with van der Waals surface area (Å²) < 4.78 is 18.6. The minimum atomic E-state index is -0.594. The monoisotopic (exact) mass is 383 g/mol. The number of urea groups is 1. The number of hydrogen-bond acceptors (Lipinski definition) is 3. The Labute approximate surface area is 162 Å². The molecule has 7 heteroatoms. The van der Waals surface area contributed by atoms with Crippen LogP contribution < -0.4 is 10.6 Å². The maximum Gasteiger partial charge on any atom is 0.345 e. The first kappa shape index (κ1) is 18.4. The molecule has 6 nitrogen and oxygen atoms in total. The number of anilines is 1. The van der Waals surface area contributed by atoms with Crippen LogP contribution in [-0.2, 0) is 9.53 Å². The molecule has 0 aromatic heterocycles. The van der Waals surface area contributed by atoms with Gasteiger partial charge in [0.1, 0.15) is 11.6 Å². The van der Waals surface area contributed by atoms with Gasteiger partial charge in [-0.3, -0.25) is 4.79 Å². The Morgan fingerprint density at radius 2 is 2.18 bits per heavy atom. The fourth-order valence-electron chi connectivity index (χ4n) is 4.18. The van der Waals surface area contributed by atoms with Crippen molar-refractivity contribution in [2.75, 3.05) is 18.5 Å². The van der Waals surface area contributed by atoms with Crippen LogP contribution in [0, 0.1) is 23.1 Å². The first-order valence-electron chi connectivity index (χ1n) is 9.37. The number of nitrogens with zero attached hydrogens (tertiary/aromatic N) is 1. The van der Waals surface area contributed by atoms with Gasteiger partial charge in [-0.25, -0.2) is 14.2 Å². The van der Waals surface area contributed by atoms with Crippen molar-refractivity contribution in [2.24, 2.45) is 22.2 Å². The highest BCUT2D eigenvalue weighted by Gasteiger charge is 2.46. The van der Waals surface area contributed by atoms with Crippen molar-refractivity contribution in [1.29, 1.82) is 0 Å². The van der Waals surface area contributed by atoms with E-state index in [2.05, 4.69) is 28.6 Å². The van der Waals surface area contributed by atoms with Gasteiger partial charge in [-0.2, -0.15) is 0 Å². The summed E-state index contributed by atoms with van der Waals surface area (Å²) in [5.41, 5.74) is 1.52. The zero-order chi connectivity index (χ0) is 19.7. The molecule has 2 aliphatic heterocycles. The quantitative estimate of drug-likeness (QED) is 0.785. The van der Waals surface area contributed by atoms with E-state index >= 15 is 0 Å². The molecular weight excluding hydrogens is 361 g/mol. The smallest absolute Gasteiger partial charge is 0.345 e. The molecule has 3 amide bonds. The molecule has 2 N–H and O–H groups in total. The molecule has 1 saturated heterocycles. The number of hydrogen-bond donors (Lipinski definition) is 2. The first-order valence-corrected chi connectivity index (χ1v) is 9.37. The molecule has 3 aliphatic rings. The van der Waals surface area contributed by atoms with Crippen molar-refractivity contribution in [2.45, 2.75) is 19.8 Å². The van der Waals surface area contributed by atoms with E-state index < -0.39 is 11.9 Å². The molecule has 1 aromatic carbocycles. The molecule has 2 heterocycles. The lowest BCUT2D eigenvalue weighted by Crippen LogP contribution is -2.34. The summed E-state index contributed by atoms with van der Waals surface area (Å²) >= 11 is 0. The van der Waals surface area contributed by atoms with Crippen molar-refractivity contribution in [3.05, 3.63) is 53.6 Å².